The lowest BCUT2D eigenvalue weighted by Crippen LogP contribution is -1.62. The predicted octanol–water partition coefficient (Wildman–Crippen LogP) is 1.91. The Morgan fingerprint density at radius 3 is 2.29 bits per heavy atom. The van der Waals surface area contributed by atoms with Gasteiger partial charge in [-0.2, -0.15) is 4.39 Å². The molecule has 40 valence electrons. The summed E-state index contributed by atoms with van der Waals surface area (Å²) in [6.07, 6.45) is 2.72. The molecule has 0 atom stereocenters. The van der Waals surface area contributed by atoms with E-state index in [0.717, 1.165) is 0 Å². The molecule has 7 heavy (non-hydrogen) atoms. The van der Waals surface area contributed by atoms with Gasteiger partial charge in [0.05, 0.1) is 0 Å². The summed E-state index contributed by atoms with van der Waals surface area (Å²) < 4.78 is 11.8. The topological polar surface area (TPSA) is 12.4 Å². The monoisotopic (exact) mass is 101 g/mol. The van der Waals surface area contributed by atoms with E-state index in [9.17, 15) is 4.39 Å². The third kappa shape index (κ3) is 3.16. The fourth-order valence-corrected chi connectivity index (χ4v) is 0.198. The summed E-state index contributed by atoms with van der Waals surface area (Å²) in [6.45, 7) is 3.27. The standard InChI is InChI=1S/C5H8FN/c1-3-5(6)7-4-2/h3-4H,1-2H3/b5-3-,7-4?. The van der Waals surface area contributed by atoms with Crippen molar-refractivity contribution in [2.45, 2.75) is 13.8 Å². The molecule has 0 rings (SSSR count). The molecular weight excluding hydrogens is 93.1 g/mol. The lowest BCUT2D eigenvalue weighted by atomic mass is 10.7. The number of hydrogen-bond donors (Lipinski definition) is 0. The van der Waals surface area contributed by atoms with E-state index in [-0.39, 0.29) is 0 Å². The molecule has 0 aromatic heterocycles. The quantitative estimate of drug-likeness (QED) is 0.353. The van der Waals surface area contributed by atoms with Crippen LogP contribution in [0.1, 0.15) is 13.8 Å². The van der Waals surface area contributed by atoms with Gasteiger partial charge in [0.15, 0.2) is 0 Å². The van der Waals surface area contributed by atoms with Crippen LogP contribution in [0.2, 0.25) is 0 Å². The fourth-order valence-electron chi connectivity index (χ4n) is 0.198. The van der Waals surface area contributed by atoms with Gasteiger partial charge in [0.2, 0.25) is 5.95 Å². The molecule has 2 heteroatoms. The van der Waals surface area contributed by atoms with Gasteiger partial charge >= 0.3 is 0 Å². The van der Waals surface area contributed by atoms with Gasteiger partial charge in [-0.1, -0.05) is 0 Å². The first-order chi connectivity index (χ1) is 3.31. The van der Waals surface area contributed by atoms with Crippen LogP contribution in [0.3, 0.4) is 0 Å². The summed E-state index contributed by atoms with van der Waals surface area (Å²) in [7, 11) is 0. The zero-order chi connectivity index (χ0) is 5.70. The van der Waals surface area contributed by atoms with Crippen LogP contribution in [0.25, 0.3) is 0 Å². The van der Waals surface area contributed by atoms with Gasteiger partial charge < -0.3 is 0 Å². The molecule has 0 aromatic carbocycles. The lowest BCUT2D eigenvalue weighted by Gasteiger charge is -1.76. The minimum atomic E-state index is -0.428. The smallest absolute Gasteiger partial charge is 0.208 e. The van der Waals surface area contributed by atoms with Crippen molar-refractivity contribution in [1.82, 2.24) is 0 Å². The van der Waals surface area contributed by atoms with Crippen LogP contribution in [0.4, 0.5) is 4.39 Å². The average Bonchev–Trinajstić information content (AvgIpc) is 1.68. The molecule has 0 N–H and O–H groups in total. The van der Waals surface area contributed by atoms with Gasteiger partial charge in [0.25, 0.3) is 0 Å². The zero-order valence-corrected chi connectivity index (χ0v) is 4.48. The first-order valence-corrected chi connectivity index (χ1v) is 2.11. The molecule has 0 saturated carbocycles. The number of allylic oxidation sites excluding steroid dienone is 1. The summed E-state index contributed by atoms with van der Waals surface area (Å²) in [5.74, 6) is -0.428. The number of aliphatic imine (C=N–C) groups is 1. The van der Waals surface area contributed by atoms with Crippen LogP contribution in [0, 0.1) is 0 Å². The van der Waals surface area contributed by atoms with Gasteiger partial charge in [0, 0.05) is 6.21 Å². The largest absolute Gasteiger partial charge is 0.233 e. The molecule has 1 nitrogen and oxygen atoms in total. The third-order valence-corrected chi connectivity index (χ3v) is 0.491. The highest BCUT2D eigenvalue weighted by Crippen LogP contribution is 1.93. The van der Waals surface area contributed by atoms with E-state index < -0.39 is 5.95 Å². The van der Waals surface area contributed by atoms with Gasteiger partial charge in [-0.05, 0) is 19.9 Å². The van der Waals surface area contributed by atoms with Crippen molar-refractivity contribution in [3.63, 3.8) is 0 Å². The number of rotatable bonds is 1. The molecule has 0 aliphatic carbocycles. The normalized spacial score (nSPS) is 13.3. The van der Waals surface area contributed by atoms with Crippen LogP contribution in [-0.2, 0) is 0 Å². The van der Waals surface area contributed by atoms with Gasteiger partial charge in [-0.15, -0.1) is 0 Å². The molecule has 0 unspecified atom stereocenters. The van der Waals surface area contributed by atoms with Crippen molar-refractivity contribution >= 4 is 6.21 Å². The molecule has 0 fully saturated rings. The van der Waals surface area contributed by atoms with E-state index in [4.69, 9.17) is 0 Å². The van der Waals surface area contributed by atoms with Crippen molar-refractivity contribution in [1.29, 1.82) is 0 Å². The Balaban J connectivity index is 3.58. The van der Waals surface area contributed by atoms with Crippen LogP contribution < -0.4 is 0 Å². The molecule has 0 aromatic rings. The maximum atomic E-state index is 11.8. The lowest BCUT2D eigenvalue weighted by molar-refractivity contribution is 0.627. The summed E-state index contributed by atoms with van der Waals surface area (Å²) >= 11 is 0. The van der Waals surface area contributed by atoms with Crippen LogP contribution in [0.15, 0.2) is 17.0 Å². The highest BCUT2D eigenvalue weighted by molar-refractivity contribution is 5.54. The summed E-state index contributed by atoms with van der Waals surface area (Å²) in [5.41, 5.74) is 0. The number of halogens is 1. The zero-order valence-electron chi connectivity index (χ0n) is 4.48. The highest BCUT2D eigenvalue weighted by atomic mass is 19.1. The molecule has 0 saturated heterocycles. The first-order valence-electron chi connectivity index (χ1n) is 2.11. The molecular formula is C5H8FN. The Morgan fingerprint density at radius 1 is 1.57 bits per heavy atom. The Bertz CT molecular complexity index is 94.3. The first kappa shape index (κ1) is 6.34. The van der Waals surface area contributed by atoms with E-state index >= 15 is 0 Å². The second-order valence-electron chi connectivity index (χ2n) is 0.999. The van der Waals surface area contributed by atoms with Crippen LogP contribution in [-0.4, -0.2) is 6.21 Å². The van der Waals surface area contributed by atoms with Crippen molar-refractivity contribution in [3.05, 3.63) is 12.0 Å². The predicted molar refractivity (Wildman–Crippen MR) is 29.0 cm³/mol. The fraction of sp³-hybridized carbons (Fsp3) is 0.400. The molecule has 0 bridgehead atoms. The Labute approximate surface area is 42.6 Å². The van der Waals surface area contributed by atoms with Crippen molar-refractivity contribution < 1.29 is 4.39 Å². The molecule has 0 amide bonds. The second-order valence-corrected chi connectivity index (χ2v) is 0.999. The highest BCUT2D eigenvalue weighted by Gasteiger charge is 1.76. The summed E-state index contributed by atoms with van der Waals surface area (Å²) in [6, 6.07) is 0. The van der Waals surface area contributed by atoms with E-state index in [1.165, 1.54) is 12.3 Å². The number of nitrogens with zero attached hydrogens (tertiary/aromatic N) is 1. The van der Waals surface area contributed by atoms with E-state index in [0.29, 0.717) is 0 Å². The average molecular weight is 101 g/mol. The summed E-state index contributed by atoms with van der Waals surface area (Å²) in [4.78, 5) is 3.31. The van der Waals surface area contributed by atoms with Gasteiger partial charge in [-0.25, -0.2) is 4.99 Å². The Hall–Kier alpha value is -0.660. The van der Waals surface area contributed by atoms with Crippen molar-refractivity contribution in [3.8, 4) is 0 Å². The molecule has 0 heterocycles. The van der Waals surface area contributed by atoms with Gasteiger partial charge in [-0.3, -0.25) is 0 Å². The van der Waals surface area contributed by atoms with Crippen molar-refractivity contribution in [2.24, 2.45) is 4.99 Å². The minimum absolute atomic E-state index is 0.428. The van der Waals surface area contributed by atoms with E-state index in [1.54, 1.807) is 13.8 Å². The SMILES string of the molecule is CC=N/C(F)=C\C. The Kier molecular flexibility index (Phi) is 3.19. The Morgan fingerprint density at radius 2 is 2.14 bits per heavy atom. The summed E-state index contributed by atoms with van der Waals surface area (Å²) in [5, 5.41) is 0. The second kappa shape index (κ2) is 3.53. The van der Waals surface area contributed by atoms with Crippen LogP contribution >= 0.6 is 0 Å². The molecule has 0 spiro atoms. The maximum absolute atomic E-state index is 11.8. The van der Waals surface area contributed by atoms with Gasteiger partial charge in [0.1, 0.15) is 0 Å². The molecule has 0 aliphatic rings. The minimum Gasteiger partial charge on any atom is -0.233 e. The maximum Gasteiger partial charge on any atom is 0.208 e. The van der Waals surface area contributed by atoms with E-state index in [2.05, 4.69) is 4.99 Å². The number of hydrogen-bond acceptors (Lipinski definition) is 1. The van der Waals surface area contributed by atoms with E-state index in [1.807, 2.05) is 0 Å². The van der Waals surface area contributed by atoms with Crippen molar-refractivity contribution in [2.75, 3.05) is 0 Å². The third-order valence-electron chi connectivity index (χ3n) is 0.491. The van der Waals surface area contributed by atoms with Crippen LogP contribution in [0.5, 0.6) is 0 Å². The molecule has 0 radical (unpaired) electrons. The molecule has 0 aliphatic heterocycles.